The predicted molar refractivity (Wildman–Crippen MR) is 170 cm³/mol. The number of hydrogen-bond acceptors (Lipinski definition) is 4. The second-order valence-electron chi connectivity index (χ2n) is 9.79. The number of fused-ring (bicyclic) bond motifs is 1. The number of pyridine rings is 2. The zero-order valence-electron chi connectivity index (χ0n) is 23.4. The van der Waals surface area contributed by atoms with Crippen molar-refractivity contribution in [1.82, 2.24) is 20.3 Å². The molecule has 4 aromatic rings. The van der Waals surface area contributed by atoms with E-state index in [1.807, 2.05) is 31.6 Å². The third kappa shape index (κ3) is 6.24. The van der Waals surface area contributed by atoms with Crippen molar-refractivity contribution >= 4 is 22.3 Å². The number of allylic oxidation sites excluding steroid dienone is 5. The highest BCUT2D eigenvalue weighted by Gasteiger charge is 2.20. The lowest BCUT2D eigenvalue weighted by Gasteiger charge is -2.28. The maximum Gasteiger partial charge on any atom is 0.129 e. The average molecular weight is 528 g/mol. The molecule has 0 atom stereocenters. The molecule has 0 bridgehead atoms. The molecule has 3 aromatic heterocycles. The molecule has 1 aliphatic carbocycles. The van der Waals surface area contributed by atoms with Crippen molar-refractivity contribution in [1.29, 1.82) is 0 Å². The Morgan fingerprint density at radius 1 is 1.15 bits per heavy atom. The van der Waals surface area contributed by atoms with E-state index in [-0.39, 0.29) is 0 Å². The van der Waals surface area contributed by atoms with Gasteiger partial charge in [0.05, 0.1) is 0 Å². The van der Waals surface area contributed by atoms with Gasteiger partial charge in [0.15, 0.2) is 0 Å². The lowest BCUT2D eigenvalue weighted by atomic mass is 9.83. The lowest BCUT2D eigenvalue weighted by molar-refractivity contribution is 0.356. The molecule has 1 fully saturated rings. The van der Waals surface area contributed by atoms with Crippen LogP contribution in [0, 0.1) is 18.8 Å². The average Bonchev–Trinajstić information content (AvgIpc) is 3.38. The Labute approximate surface area is 237 Å². The molecular formula is C35H37N5. The molecule has 5 heteroatoms. The summed E-state index contributed by atoms with van der Waals surface area (Å²) in [5, 5.41) is 7.94. The fourth-order valence-corrected chi connectivity index (χ4v) is 5.01. The number of rotatable bonds is 10. The Balaban J connectivity index is 0.00000181. The second kappa shape index (κ2) is 13.3. The van der Waals surface area contributed by atoms with Crippen LogP contribution in [0.1, 0.15) is 43.0 Å². The van der Waals surface area contributed by atoms with Crippen LogP contribution in [0.4, 0.5) is 5.82 Å². The monoisotopic (exact) mass is 527 g/mol. The van der Waals surface area contributed by atoms with Crippen LogP contribution in [0.15, 0.2) is 104 Å². The van der Waals surface area contributed by atoms with Gasteiger partial charge >= 0.3 is 0 Å². The standard InChI is InChI=1S/C33H35N5.C2H2/c1-5-23(17-28(6-2)37-22(3)24-10-7-11-24)27-16-26(33(34-4)36-21-27)18-29-19-31-30(13-8-14-32(31)38-29)25-12-9-15-35-20-25;1-2/h5-6,8-9,12-17,19-21,24,37-38H,2-3,7,10-11,18H2,1,4H3,(H,34,36);1-2H/b23-5+,28-17+;. The number of nitrogens with zero attached hydrogens (tertiary/aromatic N) is 2. The number of H-pyrrole nitrogens is 1. The van der Waals surface area contributed by atoms with Crippen LogP contribution in [0.5, 0.6) is 0 Å². The summed E-state index contributed by atoms with van der Waals surface area (Å²) in [6.45, 7) is 10.3. The summed E-state index contributed by atoms with van der Waals surface area (Å²) in [7, 11) is 1.92. The van der Waals surface area contributed by atoms with Crippen molar-refractivity contribution in [3.05, 3.63) is 121 Å². The van der Waals surface area contributed by atoms with E-state index < -0.39 is 0 Å². The van der Waals surface area contributed by atoms with Gasteiger partial charge < -0.3 is 15.6 Å². The van der Waals surface area contributed by atoms with Gasteiger partial charge in [-0.25, -0.2) is 4.98 Å². The summed E-state index contributed by atoms with van der Waals surface area (Å²) in [6.07, 6.45) is 24.2. The second-order valence-corrected chi connectivity index (χ2v) is 9.79. The number of nitrogens with one attached hydrogen (secondary N) is 3. The predicted octanol–water partition coefficient (Wildman–Crippen LogP) is 7.88. The number of benzene rings is 1. The first-order valence-electron chi connectivity index (χ1n) is 13.6. The van der Waals surface area contributed by atoms with Gasteiger partial charge in [0.1, 0.15) is 5.82 Å². The molecular weight excluding hydrogens is 490 g/mol. The molecule has 1 aliphatic rings. The summed E-state index contributed by atoms with van der Waals surface area (Å²) in [4.78, 5) is 12.7. The van der Waals surface area contributed by atoms with Gasteiger partial charge in [-0.05, 0) is 73.2 Å². The summed E-state index contributed by atoms with van der Waals surface area (Å²) in [5.41, 5.74) is 9.83. The van der Waals surface area contributed by atoms with E-state index in [1.54, 1.807) is 6.20 Å². The SMILES string of the molecule is C#C.C=C/C(=C\C(=C/C)c1cnc(NC)c(Cc2cc3c(-c4cccnc4)cccc3[nH]2)c1)NC(=C)C1CCC1. The highest BCUT2D eigenvalue weighted by molar-refractivity contribution is 5.95. The Hall–Kier alpha value is -4.82. The molecule has 202 valence electrons. The largest absolute Gasteiger partial charge is 0.373 e. The molecule has 0 aliphatic heterocycles. The molecule has 5 nitrogen and oxygen atoms in total. The fourth-order valence-electron chi connectivity index (χ4n) is 5.01. The minimum absolute atomic E-state index is 0.561. The maximum atomic E-state index is 4.76. The number of anilines is 1. The highest BCUT2D eigenvalue weighted by Crippen LogP contribution is 2.32. The third-order valence-electron chi connectivity index (χ3n) is 7.35. The van der Waals surface area contributed by atoms with Crippen molar-refractivity contribution < 1.29 is 0 Å². The Morgan fingerprint density at radius 2 is 1.98 bits per heavy atom. The summed E-state index contributed by atoms with van der Waals surface area (Å²) < 4.78 is 0. The van der Waals surface area contributed by atoms with Crippen LogP contribution in [-0.4, -0.2) is 22.0 Å². The summed E-state index contributed by atoms with van der Waals surface area (Å²) in [6, 6.07) is 14.9. The third-order valence-corrected chi connectivity index (χ3v) is 7.35. The molecule has 0 amide bonds. The fraction of sp³-hybridized carbons (Fsp3) is 0.200. The quantitative estimate of drug-likeness (QED) is 0.145. The van der Waals surface area contributed by atoms with Crippen molar-refractivity contribution in [2.75, 3.05) is 12.4 Å². The van der Waals surface area contributed by atoms with Crippen LogP contribution in [0.25, 0.3) is 27.6 Å². The van der Waals surface area contributed by atoms with Crippen LogP contribution >= 0.6 is 0 Å². The molecule has 3 heterocycles. The minimum Gasteiger partial charge on any atom is -0.373 e. The molecule has 5 rings (SSSR count). The lowest BCUT2D eigenvalue weighted by Crippen LogP contribution is -2.23. The zero-order valence-corrected chi connectivity index (χ0v) is 23.4. The topological polar surface area (TPSA) is 65.6 Å². The van der Waals surface area contributed by atoms with Gasteiger partial charge in [-0.3, -0.25) is 4.98 Å². The van der Waals surface area contributed by atoms with E-state index in [9.17, 15) is 0 Å². The number of aromatic amines is 1. The first-order valence-corrected chi connectivity index (χ1v) is 13.6. The minimum atomic E-state index is 0.561. The maximum absolute atomic E-state index is 4.76. The Morgan fingerprint density at radius 3 is 2.62 bits per heavy atom. The van der Waals surface area contributed by atoms with Crippen molar-refractivity contribution in [3.63, 3.8) is 0 Å². The van der Waals surface area contributed by atoms with E-state index in [1.165, 1.54) is 30.2 Å². The molecule has 0 saturated heterocycles. The molecule has 40 heavy (non-hydrogen) atoms. The van der Waals surface area contributed by atoms with E-state index >= 15 is 0 Å². The van der Waals surface area contributed by atoms with Crippen molar-refractivity contribution in [2.45, 2.75) is 32.6 Å². The van der Waals surface area contributed by atoms with Crippen molar-refractivity contribution in [2.24, 2.45) is 5.92 Å². The summed E-state index contributed by atoms with van der Waals surface area (Å²) >= 11 is 0. The Kier molecular flexibility index (Phi) is 9.38. The van der Waals surface area contributed by atoms with E-state index in [0.717, 1.165) is 57.1 Å². The van der Waals surface area contributed by atoms with E-state index in [0.29, 0.717) is 5.92 Å². The van der Waals surface area contributed by atoms with Gasteiger partial charge in [0, 0.05) is 76.7 Å². The Bertz CT molecular complexity index is 1570. The smallest absolute Gasteiger partial charge is 0.129 e. The van der Waals surface area contributed by atoms with Crippen LogP contribution in [-0.2, 0) is 6.42 Å². The van der Waals surface area contributed by atoms with Gasteiger partial charge in [0.2, 0.25) is 0 Å². The van der Waals surface area contributed by atoms with Crippen molar-refractivity contribution in [3.8, 4) is 24.0 Å². The molecule has 0 unspecified atom stereocenters. The number of aromatic nitrogens is 3. The molecule has 0 spiro atoms. The van der Waals surface area contributed by atoms with Gasteiger partial charge in [0.25, 0.3) is 0 Å². The van der Waals surface area contributed by atoms with Crippen LogP contribution < -0.4 is 10.6 Å². The normalized spacial score (nSPS) is 13.6. The molecule has 0 radical (unpaired) electrons. The van der Waals surface area contributed by atoms with Gasteiger partial charge in [-0.1, -0.05) is 43.9 Å². The summed E-state index contributed by atoms with van der Waals surface area (Å²) in [5.74, 6) is 1.44. The van der Waals surface area contributed by atoms with E-state index in [4.69, 9.17) is 4.98 Å². The van der Waals surface area contributed by atoms with E-state index in [2.05, 4.69) is 102 Å². The zero-order chi connectivity index (χ0) is 28.5. The van der Waals surface area contributed by atoms with Gasteiger partial charge in [-0.2, -0.15) is 0 Å². The number of hydrogen-bond donors (Lipinski definition) is 3. The molecule has 1 aromatic carbocycles. The van der Waals surface area contributed by atoms with Crippen LogP contribution in [0.3, 0.4) is 0 Å². The highest BCUT2D eigenvalue weighted by atomic mass is 15.0. The first kappa shape index (κ1) is 28.2. The van der Waals surface area contributed by atoms with Gasteiger partial charge in [-0.15, -0.1) is 12.8 Å². The molecule has 1 saturated carbocycles. The first-order chi connectivity index (χ1) is 19.6. The number of terminal acetylenes is 1. The van der Waals surface area contributed by atoms with Crippen LogP contribution in [0.2, 0.25) is 0 Å². The molecule has 3 N–H and O–H groups in total.